The van der Waals surface area contributed by atoms with E-state index in [1.54, 1.807) is 0 Å². The van der Waals surface area contributed by atoms with Crippen LogP contribution in [0.3, 0.4) is 0 Å². The molecule has 1 heterocycles. The van der Waals surface area contributed by atoms with Crippen molar-refractivity contribution in [3.05, 3.63) is 23.6 Å². The minimum Gasteiger partial charge on any atom is -0.506 e. The highest BCUT2D eigenvalue weighted by molar-refractivity contribution is 5.30. The Morgan fingerprint density at radius 3 is 2.42 bits per heavy atom. The lowest BCUT2D eigenvalue weighted by molar-refractivity contribution is 0.0945. The number of hydrogen-bond acceptors (Lipinski definition) is 2. The zero-order valence-corrected chi connectivity index (χ0v) is 16.1. The van der Waals surface area contributed by atoms with Crippen molar-refractivity contribution in [2.24, 2.45) is 29.6 Å². The first kappa shape index (κ1) is 17.9. The lowest BCUT2D eigenvalue weighted by atomic mass is 9.64. The van der Waals surface area contributed by atoms with E-state index in [1.165, 1.54) is 51.4 Å². The number of rotatable bonds is 3. The summed E-state index contributed by atoms with van der Waals surface area (Å²) in [5.41, 5.74) is 1.12. The average molecular weight is 332 g/mol. The van der Waals surface area contributed by atoms with E-state index in [0.29, 0.717) is 11.7 Å². The van der Waals surface area contributed by atoms with Gasteiger partial charge >= 0.3 is 0 Å². The molecule has 2 nitrogen and oxygen atoms in total. The van der Waals surface area contributed by atoms with Gasteiger partial charge in [0.1, 0.15) is 5.76 Å². The lowest BCUT2D eigenvalue weighted by Gasteiger charge is -2.45. The Bertz CT molecular complexity index is 502. The molecule has 24 heavy (non-hydrogen) atoms. The molecular weight excluding hydrogens is 294 g/mol. The zero-order valence-electron chi connectivity index (χ0n) is 16.1. The maximum atomic E-state index is 10.4. The molecule has 2 fully saturated rings. The van der Waals surface area contributed by atoms with E-state index in [1.807, 2.05) is 6.08 Å². The Morgan fingerprint density at radius 1 is 1.04 bits per heavy atom. The van der Waals surface area contributed by atoms with Gasteiger partial charge in [-0.15, -0.1) is 0 Å². The summed E-state index contributed by atoms with van der Waals surface area (Å²) in [5.74, 6) is 4.22. The van der Waals surface area contributed by atoms with Gasteiger partial charge in [0, 0.05) is 5.92 Å². The van der Waals surface area contributed by atoms with E-state index in [4.69, 9.17) is 0 Å². The van der Waals surface area contributed by atoms with Crippen molar-refractivity contribution >= 4 is 0 Å². The van der Waals surface area contributed by atoms with Crippen LogP contribution in [0.2, 0.25) is 0 Å². The number of nitrogens with one attached hydrogen (secondary N) is 1. The molecule has 0 aromatic heterocycles. The highest BCUT2D eigenvalue weighted by Gasteiger charge is 2.39. The summed E-state index contributed by atoms with van der Waals surface area (Å²) < 4.78 is 0. The van der Waals surface area contributed by atoms with Gasteiger partial charge in [-0.1, -0.05) is 59.0 Å². The Morgan fingerprint density at radius 2 is 1.71 bits per heavy atom. The summed E-state index contributed by atoms with van der Waals surface area (Å²) in [7, 11) is 0. The van der Waals surface area contributed by atoms with Crippen LogP contribution >= 0.6 is 0 Å². The van der Waals surface area contributed by atoms with Crippen molar-refractivity contribution in [2.75, 3.05) is 0 Å². The molecule has 1 aliphatic heterocycles. The highest BCUT2D eigenvalue weighted by atomic mass is 16.3. The van der Waals surface area contributed by atoms with Crippen LogP contribution in [0.5, 0.6) is 0 Å². The lowest BCUT2D eigenvalue weighted by Crippen LogP contribution is -2.48. The van der Waals surface area contributed by atoms with Crippen LogP contribution < -0.4 is 5.32 Å². The van der Waals surface area contributed by atoms with Crippen molar-refractivity contribution < 1.29 is 5.11 Å². The molecule has 5 unspecified atom stereocenters. The second-order valence-electron chi connectivity index (χ2n) is 9.27. The zero-order chi connectivity index (χ0) is 17.3. The van der Waals surface area contributed by atoms with Gasteiger partial charge in [-0.25, -0.2) is 0 Å². The summed E-state index contributed by atoms with van der Waals surface area (Å²) in [5, 5.41) is 14.2. The molecule has 3 aliphatic rings. The van der Waals surface area contributed by atoms with Gasteiger partial charge < -0.3 is 10.4 Å². The molecule has 0 bridgehead atoms. The van der Waals surface area contributed by atoms with Crippen molar-refractivity contribution in [2.45, 2.75) is 84.6 Å². The minimum atomic E-state index is -0.0107. The van der Waals surface area contributed by atoms with Crippen LogP contribution in [-0.2, 0) is 0 Å². The van der Waals surface area contributed by atoms with Crippen molar-refractivity contribution in [1.82, 2.24) is 5.32 Å². The van der Waals surface area contributed by atoms with E-state index in [9.17, 15) is 5.11 Å². The first-order chi connectivity index (χ1) is 11.4. The number of dihydropyridines is 1. The molecule has 2 heteroatoms. The van der Waals surface area contributed by atoms with Gasteiger partial charge in [-0.2, -0.15) is 0 Å². The van der Waals surface area contributed by atoms with Crippen LogP contribution in [0.4, 0.5) is 0 Å². The van der Waals surface area contributed by atoms with E-state index in [-0.39, 0.29) is 5.54 Å². The molecule has 0 amide bonds. The van der Waals surface area contributed by atoms with Crippen LogP contribution in [0.25, 0.3) is 0 Å². The molecule has 2 N–H and O–H groups in total. The summed E-state index contributed by atoms with van der Waals surface area (Å²) in [6, 6.07) is 0. The third-order valence-corrected chi connectivity index (χ3v) is 7.36. The van der Waals surface area contributed by atoms with Crippen molar-refractivity contribution in [1.29, 1.82) is 0 Å². The van der Waals surface area contributed by atoms with Crippen LogP contribution in [-0.4, -0.2) is 10.6 Å². The quantitative estimate of drug-likeness (QED) is 0.668. The smallest absolute Gasteiger partial charge is 0.134 e. The molecule has 0 saturated heterocycles. The first-order valence-electron chi connectivity index (χ1n) is 10.3. The second kappa shape index (κ2) is 7.14. The minimum absolute atomic E-state index is 0.0107. The number of allylic oxidation sites excluding steroid dienone is 2. The summed E-state index contributed by atoms with van der Waals surface area (Å²) in [6.45, 7) is 9.65. The third kappa shape index (κ3) is 3.68. The van der Waals surface area contributed by atoms with Crippen LogP contribution in [0.1, 0.15) is 79.1 Å². The fourth-order valence-electron chi connectivity index (χ4n) is 5.41. The molecule has 3 rings (SSSR count). The number of aliphatic hydroxyl groups excluding tert-OH is 1. The molecule has 2 aliphatic carbocycles. The molecule has 2 saturated carbocycles. The van der Waals surface area contributed by atoms with Crippen molar-refractivity contribution in [3.8, 4) is 0 Å². The Labute approximate surface area is 148 Å². The number of aliphatic hydroxyl groups is 1. The second-order valence-corrected chi connectivity index (χ2v) is 9.27. The van der Waals surface area contributed by atoms with Gasteiger partial charge in [0.05, 0.1) is 11.2 Å². The Hall–Kier alpha value is -0.920. The van der Waals surface area contributed by atoms with E-state index >= 15 is 0 Å². The van der Waals surface area contributed by atoms with Gasteiger partial charge in [0.15, 0.2) is 0 Å². The molecule has 0 spiro atoms. The normalized spacial score (nSPS) is 41.3. The van der Waals surface area contributed by atoms with Gasteiger partial charge in [-0.05, 0) is 55.9 Å². The average Bonchev–Trinajstić information content (AvgIpc) is 2.59. The molecule has 5 atom stereocenters. The summed E-state index contributed by atoms with van der Waals surface area (Å²) in [6.07, 6.45) is 14.5. The van der Waals surface area contributed by atoms with Crippen molar-refractivity contribution in [3.63, 3.8) is 0 Å². The maximum absolute atomic E-state index is 10.4. The SMILES string of the molecule is CC1CCC(C)C(CC2(C)C=CC(O)=C(C3CCCCC3)N2)C1C. The number of hydrogen-bond donors (Lipinski definition) is 2. The molecule has 0 aromatic rings. The topological polar surface area (TPSA) is 32.3 Å². The van der Waals surface area contributed by atoms with Gasteiger partial charge in [-0.3, -0.25) is 0 Å². The van der Waals surface area contributed by atoms with E-state index in [0.717, 1.165) is 29.4 Å². The fourth-order valence-corrected chi connectivity index (χ4v) is 5.41. The van der Waals surface area contributed by atoms with E-state index < -0.39 is 0 Å². The van der Waals surface area contributed by atoms with Gasteiger partial charge in [0.25, 0.3) is 0 Å². The highest BCUT2D eigenvalue weighted by Crippen LogP contribution is 2.43. The molecule has 0 aromatic carbocycles. The first-order valence-corrected chi connectivity index (χ1v) is 10.3. The van der Waals surface area contributed by atoms with Crippen LogP contribution in [0.15, 0.2) is 23.6 Å². The maximum Gasteiger partial charge on any atom is 0.134 e. The summed E-state index contributed by atoms with van der Waals surface area (Å²) >= 11 is 0. The largest absolute Gasteiger partial charge is 0.506 e. The van der Waals surface area contributed by atoms with Gasteiger partial charge in [0.2, 0.25) is 0 Å². The molecule has 0 radical (unpaired) electrons. The molecule has 136 valence electrons. The predicted octanol–water partition coefficient (Wildman–Crippen LogP) is 5.96. The monoisotopic (exact) mass is 331 g/mol. The Balaban J connectivity index is 1.73. The van der Waals surface area contributed by atoms with Crippen LogP contribution in [0, 0.1) is 29.6 Å². The van der Waals surface area contributed by atoms with E-state index in [2.05, 4.69) is 39.1 Å². The summed E-state index contributed by atoms with van der Waals surface area (Å²) in [4.78, 5) is 0. The third-order valence-electron chi connectivity index (χ3n) is 7.36. The Kier molecular flexibility index (Phi) is 5.32. The molecular formula is C22H37NO. The fraction of sp³-hybridized carbons (Fsp3) is 0.818. The predicted molar refractivity (Wildman–Crippen MR) is 102 cm³/mol. The standard InChI is InChI=1S/C22H37NO/c1-15-10-11-16(2)19(17(15)3)14-22(4)13-12-20(24)21(23-22)18-8-6-5-7-9-18/h12-13,15-19,23-24H,5-11,14H2,1-4H3.